The van der Waals surface area contributed by atoms with E-state index in [2.05, 4.69) is 42.8 Å². The van der Waals surface area contributed by atoms with Crippen molar-refractivity contribution in [2.24, 2.45) is 0 Å². The van der Waals surface area contributed by atoms with Crippen LogP contribution in [-0.2, 0) is 22.2 Å². The van der Waals surface area contributed by atoms with Gasteiger partial charge in [-0.25, -0.2) is 9.34 Å². The molecule has 4 nitrogen and oxygen atoms in total. The molecule has 0 bridgehead atoms. The molecule has 5 aromatic rings. The van der Waals surface area contributed by atoms with Crippen molar-refractivity contribution in [3.8, 4) is 0 Å². The molecule has 2 atom stereocenters. The van der Waals surface area contributed by atoms with Gasteiger partial charge < -0.3 is 4.57 Å². The normalized spacial score (nSPS) is 13.2. The first-order chi connectivity index (χ1) is 21.5. The summed E-state index contributed by atoms with van der Waals surface area (Å²) in [5.74, 6) is 0.487. The Balaban J connectivity index is 1.42. The molecule has 2 unspecified atom stereocenters. The Bertz CT molecular complexity index is 1610. The number of rotatable bonds is 15. The fraction of sp³-hybridized carbons (Fsp3) is 0.189. The summed E-state index contributed by atoms with van der Waals surface area (Å²) in [7, 11) is -3.25. The lowest BCUT2D eigenvalue weighted by Crippen LogP contribution is -2.33. The Kier molecular flexibility index (Phi) is 11.6. The number of unbranched alkanes of at least 4 members (excludes halogenated alkanes) is 1. The van der Waals surface area contributed by atoms with Gasteiger partial charge in [-0.1, -0.05) is 127 Å². The first-order valence-electron chi connectivity index (χ1n) is 15.2. The van der Waals surface area contributed by atoms with Crippen molar-refractivity contribution in [1.82, 2.24) is 9.34 Å². The van der Waals surface area contributed by atoms with E-state index in [0.717, 1.165) is 39.9 Å². The number of nitrogens with zero attached hydrogens (tertiary/aromatic N) is 2. The van der Waals surface area contributed by atoms with Gasteiger partial charge in [0.05, 0.1) is 0 Å². The highest BCUT2D eigenvalue weighted by molar-refractivity contribution is 7.76. The lowest BCUT2D eigenvalue weighted by molar-refractivity contribution is 0.368. The first-order valence-corrected chi connectivity index (χ1v) is 19.5. The molecule has 226 valence electrons. The second kappa shape index (κ2) is 15.8. The zero-order valence-corrected chi connectivity index (χ0v) is 28.0. The third kappa shape index (κ3) is 7.76. The predicted molar refractivity (Wildman–Crippen MR) is 191 cm³/mol. The minimum Gasteiger partial charge on any atom is -0.301 e. The van der Waals surface area contributed by atoms with E-state index >= 15 is 4.57 Å². The molecule has 0 aliphatic rings. The van der Waals surface area contributed by atoms with Gasteiger partial charge >= 0.3 is 0 Å². The van der Waals surface area contributed by atoms with Crippen molar-refractivity contribution in [2.75, 3.05) is 19.0 Å². The Hall–Kier alpha value is -3.09. The van der Waals surface area contributed by atoms with E-state index in [1.165, 1.54) is 0 Å². The van der Waals surface area contributed by atoms with E-state index < -0.39 is 14.6 Å². The maximum Gasteiger partial charge on any atom is 0.207 e. The molecule has 7 heteroatoms. The molecule has 0 saturated heterocycles. The quantitative estimate of drug-likeness (QED) is 0.0858. The summed E-state index contributed by atoms with van der Waals surface area (Å²) >= 11 is 0. The van der Waals surface area contributed by atoms with Crippen LogP contribution in [0, 0.1) is 0 Å². The van der Waals surface area contributed by atoms with E-state index in [9.17, 15) is 4.57 Å². The molecule has 0 spiro atoms. The average molecular weight is 639 g/mol. The maximum absolute atomic E-state index is 15.3. The zero-order chi connectivity index (χ0) is 30.7. The Morgan fingerprint density at radius 2 is 0.795 bits per heavy atom. The third-order valence-electron chi connectivity index (χ3n) is 7.97. The van der Waals surface area contributed by atoms with Crippen LogP contribution in [0.25, 0.3) is 0 Å². The van der Waals surface area contributed by atoms with Gasteiger partial charge in [-0.05, 0) is 48.2 Å². The van der Waals surface area contributed by atoms with Crippen LogP contribution in [0.3, 0.4) is 0 Å². The molecule has 0 fully saturated rings. The molecule has 0 aliphatic carbocycles. The minimum atomic E-state index is -3.14. The fourth-order valence-electron chi connectivity index (χ4n) is 5.63. The van der Waals surface area contributed by atoms with E-state index in [4.69, 9.17) is 0 Å². The van der Waals surface area contributed by atoms with Crippen LogP contribution in [0.5, 0.6) is 0 Å². The molecule has 0 saturated carbocycles. The molecule has 5 rings (SSSR count). The Labute approximate surface area is 265 Å². The smallest absolute Gasteiger partial charge is 0.207 e. The van der Waals surface area contributed by atoms with Crippen molar-refractivity contribution >= 4 is 39.7 Å². The predicted octanol–water partition coefficient (Wildman–Crippen LogP) is 8.14. The van der Waals surface area contributed by atoms with Crippen LogP contribution in [0.4, 0.5) is 0 Å². The van der Waals surface area contributed by atoms with Gasteiger partial charge in [0.1, 0.15) is 0 Å². The number of hydrogen-bond donors (Lipinski definition) is 0. The topological polar surface area (TPSA) is 40.6 Å². The summed E-state index contributed by atoms with van der Waals surface area (Å²) in [6.45, 7) is 2.51. The molecule has 5 aromatic carbocycles. The van der Waals surface area contributed by atoms with Crippen molar-refractivity contribution in [1.29, 1.82) is 0 Å². The fourth-order valence-corrected chi connectivity index (χ4v) is 12.1. The van der Waals surface area contributed by atoms with E-state index in [1.54, 1.807) is 0 Å². The Morgan fingerprint density at radius 1 is 0.455 bits per heavy atom. The summed E-state index contributed by atoms with van der Waals surface area (Å²) in [4.78, 5) is 0. The number of benzene rings is 5. The lowest BCUT2D eigenvalue weighted by Gasteiger charge is -2.34. The van der Waals surface area contributed by atoms with Gasteiger partial charge in [0.25, 0.3) is 0 Å². The van der Waals surface area contributed by atoms with Crippen LogP contribution in [0.15, 0.2) is 152 Å². The average Bonchev–Trinajstić information content (AvgIpc) is 3.10. The Morgan fingerprint density at radius 3 is 1.20 bits per heavy atom. The minimum absolute atomic E-state index is 0.487. The molecule has 0 amide bonds. The van der Waals surface area contributed by atoms with Gasteiger partial charge in [-0.3, -0.25) is 4.57 Å². The molecule has 0 N–H and O–H groups in total. The van der Waals surface area contributed by atoms with Crippen LogP contribution < -0.4 is 15.9 Å². The monoisotopic (exact) mass is 638 g/mol. The highest BCUT2D eigenvalue weighted by Crippen LogP contribution is 2.51. The highest BCUT2D eigenvalue weighted by atomic mass is 31.2. The van der Waals surface area contributed by atoms with Crippen molar-refractivity contribution < 1.29 is 9.13 Å². The standard InChI is InChI=1S/C37H41N2O2P3/c40-43(32-42,35-22-10-3-11-23-35)38(30-33-18-6-1-7-19-33)28-16-17-29-39(31-34-20-8-2-9-21-34)44(41,36-24-12-4-13-25-36)37-26-14-5-15-27-37/h1-15,18-27H,16-17,28-32,42H2. The van der Waals surface area contributed by atoms with E-state index in [1.807, 2.05) is 127 Å². The van der Waals surface area contributed by atoms with Crippen molar-refractivity contribution in [2.45, 2.75) is 25.9 Å². The number of hydrogen-bond acceptors (Lipinski definition) is 2. The van der Waals surface area contributed by atoms with Gasteiger partial charge in [0, 0.05) is 48.0 Å². The SMILES string of the molecule is O=P(CP)(c1ccccc1)N(CCCCN(Cc1ccccc1)P(=O)(c1ccccc1)c1ccccc1)Cc1ccccc1. The molecule has 44 heavy (non-hydrogen) atoms. The molecule has 0 heterocycles. The van der Waals surface area contributed by atoms with Crippen molar-refractivity contribution in [3.05, 3.63) is 163 Å². The van der Waals surface area contributed by atoms with Gasteiger partial charge in [0.2, 0.25) is 7.29 Å². The molecular weight excluding hydrogens is 597 g/mol. The lowest BCUT2D eigenvalue weighted by atomic mass is 10.2. The summed E-state index contributed by atoms with van der Waals surface area (Å²) < 4.78 is 34.3. The van der Waals surface area contributed by atoms with Crippen LogP contribution in [-0.4, -0.2) is 28.3 Å². The highest BCUT2D eigenvalue weighted by Gasteiger charge is 2.35. The molecule has 0 aromatic heterocycles. The van der Waals surface area contributed by atoms with Gasteiger partial charge in [0.15, 0.2) is 7.29 Å². The first kappa shape index (κ1) is 32.3. The van der Waals surface area contributed by atoms with Crippen LogP contribution in [0.2, 0.25) is 0 Å². The summed E-state index contributed by atoms with van der Waals surface area (Å²) in [6.07, 6.45) is 1.64. The van der Waals surface area contributed by atoms with Crippen LogP contribution in [0.1, 0.15) is 24.0 Å². The molecule has 0 radical (unpaired) electrons. The maximum atomic E-state index is 15.3. The van der Waals surface area contributed by atoms with E-state index in [0.29, 0.717) is 32.1 Å². The van der Waals surface area contributed by atoms with E-state index in [-0.39, 0.29) is 0 Å². The van der Waals surface area contributed by atoms with Gasteiger partial charge in [-0.15, -0.1) is 9.24 Å². The van der Waals surface area contributed by atoms with Crippen molar-refractivity contribution in [3.63, 3.8) is 0 Å². The third-order valence-corrected chi connectivity index (χ3v) is 15.4. The second-order valence-electron chi connectivity index (χ2n) is 10.9. The second-order valence-corrected chi connectivity index (χ2v) is 17.6. The molecule has 0 aliphatic heterocycles. The van der Waals surface area contributed by atoms with Crippen LogP contribution >= 0.6 is 23.8 Å². The summed E-state index contributed by atoms with van der Waals surface area (Å²) in [5, 5.41) is 2.56. The van der Waals surface area contributed by atoms with Gasteiger partial charge in [-0.2, -0.15) is 0 Å². The summed E-state index contributed by atoms with van der Waals surface area (Å²) in [5.41, 5.74) is 2.27. The molecular formula is C37H41N2O2P3. The largest absolute Gasteiger partial charge is 0.301 e. The summed E-state index contributed by atoms with van der Waals surface area (Å²) in [6, 6.07) is 50.2. The zero-order valence-electron chi connectivity index (χ0n) is 25.1.